The third-order valence-corrected chi connectivity index (χ3v) is 5.92. The summed E-state index contributed by atoms with van der Waals surface area (Å²) in [6.07, 6.45) is 1.31. The van der Waals surface area contributed by atoms with E-state index in [0.717, 1.165) is 11.3 Å². The number of benzene rings is 1. The van der Waals surface area contributed by atoms with Crippen LogP contribution in [0.1, 0.15) is 28.1 Å². The maximum absolute atomic E-state index is 14.2. The van der Waals surface area contributed by atoms with Crippen molar-refractivity contribution in [3.8, 4) is 0 Å². The molecule has 1 fully saturated rings. The number of esters is 1. The number of likely N-dealkylation sites (tertiary alicyclic amines) is 1. The summed E-state index contributed by atoms with van der Waals surface area (Å²) in [5.41, 5.74) is 5.73. The number of piperidine rings is 1. The average Bonchev–Trinajstić information content (AvgIpc) is 3.06. The Kier molecular flexibility index (Phi) is 6.25. The van der Waals surface area contributed by atoms with E-state index in [2.05, 4.69) is 0 Å². The molecule has 28 heavy (non-hydrogen) atoms. The standard InChI is InChI=1S/C19H21FN2O5S/c1-26-9-12-16-13(20)5-2-6-14(16)28-17(12)19(25)27-10-15(23)22-7-3-4-11(8-22)18(21)24/h2,5-6,11H,3-4,7-10H2,1H3,(H2,21,24)/t11-/m1/s1. The zero-order valence-electron chi connectivity index (χ0n) is 15.4. The lowest BCUT2D eigenvalue weighted by Crippen LogP contribution is -2.45. The lowest BCUT2D eigenvalue weighted by atomic mass is 9.97. The molecule has 1 atom stereocenters. The van der Waals surface area contributed by atoms with Crippen LogP contribution in [0.5, 0.6) is 0 Å². The van der Waals surface area contributed by atoms with Gasteiger partial charge in [0.25, 0.3) is 5.91 Å². The fraction of sp³-hybridized carbons (Fsp3) is 0.421. The molecule has 0 bridgehead atoms. The van der Waals surface area contributed by atoms with Crippen molar-refractivity contribution in [1.82, 2.24) is 4.90 Å². The molecule has 2 amide bonds. The van der Waals surface area contributed by atoms with E-state index in [1.54, 1.807) is 12.1 Å². The quantitative estimate of drug-likeness (QED) is 0.738. The Morgan fingerprint density at radius 3 is 2.86 bits per heavy atom. The van der Waals surface area contributed by atoms with Gasteiger partial charge in [0.15, 0.2) is 6.61 Å². The third-order valence-electron chi connectivity index (χ3n) is 4.74. The summed E-state index contributed by atoms with van der Waals surface area (Å²) < 4.78 is 25.1. The molecular weight excluding hydrogens is 387 g/mol. The number of amides is 2. The van der Waals surface area contributed by atoms with Crippen molar-refractivity contribution in [3.05, 3.63) is 34.5 Å². The highest BCUT2D eigenvalue weighted by atomic mass is 32.1. The largest absolute Gasteiger partial charge is 0.451 e. The summed E-state index contributed by atoms with van der Waals surface area (Å²) in [6.45, 7) is 0.317. The molecule has 0 saturated carbocycles. The molecule has 3 rings (SSSR count). The molecule has 150 valence electrons. The summed E-state index contributed by atoms with van der Waals surface area (Å²) in [4.78, 5) is 37.9. The van der Waals surface area contributed by atoms with Crippen molar-refractivity contribution in [3.63, 3.8) is 0 Å². The van der Waals surface area contributed by atoms with Gasteiger partial charge in [-0.25, -0.2) is 9.18 Å². The summed E-state index contributed by atoms with van der Waals surface area (Å²) in [7, 11) is 1.45. The first kappa shape index (κ1) is 20.2. The molecule has 2 heterocycles. The van der Waals surface area contributed by atoms with Gasteiger partial charge in [0.05, 0.1) is 12.5 Å². The molecule has 1 aromatic carbocycles. The van der Waals surface area contributed by atoms with E-state index in [1.807, 2.05) is 0 Å². The van der Waals surface area contributed by atoms with Gasteiger partial charge in [0, 0.05) is 35.8 Å². The Labute approximate surface area is 165 Å². The number of ether oxygens (including phenoxy) is 2. The van der Waals surface area contributed by atoms with Crippen LogP contribution in [-0.2, 0) is 25.7 Å². The maximum atomic E-state index is 14.2. The van der Waals surface area contributed by atoms with Crippen molar-refractivity contribution < 1.29 is 28.2 Å². The van der Waals surface area contributed by atoms with E-state index < -0.39 is 24.3 Å². The summed E-state index contributed by atoms with van der Waals surface area (Å²) in [6, 6.07) is 4.59. The van der Waals surface area contributed by atoms with Gasteiger partial charge in [0.1, 0.15) is 10.7 Å². The molecule has 1 saturated heterocycles. The fourth-order valence-corrected chi connectivity index (χ4v) is 4.45. The summed E-state index contributed by atoms with van der Waals surface area (Å²) in [5.74, 6) is -2.36. The number of methoxy groups -OCH3 is 1. The molecule has 7 nitrogen and oxygen atoms in total. The maximum Gasteiger partial charge on any atom is 0.349 e. The molecule has 1 aromatic heterocycles. The minimum atomic E-state index is -0.704. The molecule has 2 N–H and O–H groups in total. The van der Waals surface area contributed by atoms with Crippen LogP contribution >= 0.6 is 11.3 Å². The number of thiophene rings is 1. The minimum absolute atomic E-state index is 0.0474. The van der Waals surface area contributed by atoms with Gasteiger partial charge in [-0.2, -0.15) is 0 Å². The lowest BCUT2D eigenvalue weighted by molar-refractivity contribution is -0.137. The lowest BCUT2D eigenvalue weighted by Gasteiger charge is -2.31. The van der Waals surface area contributed by atoms with Crippen molar-refractivity contribution in [1.29, 1.82) is 0 Å². The van der Waals surface area contributed by atoms with E-state index in [0.29, 0.717) is 35.0 Å². The van der Waals surface area contributed by atoms with Gasteiger partial charge < -0.3 is 20.1 Å². The first-order valence-electron chi connectivity index (χ1n) is 8.85. The van der Waals surface area contributed by atoms with Crippen LogP contribution in [-0.4, -0.2) is 49.5 Å². The van der Waals surface area contributed by atoms with Crippen LogP contribution in [0.2, 0.25) is 0 Å². The number of carbonyl (C=O) groups excluding carboxylic acids is 3. The van der Waals surface area contributed by atoms with Crippen LogP contribution in [0, 0.1) is 11.7 Å². The molecular formula is C19H21FN2O5S. The third kappa shape index (κ3) is 4.15. The zero-order chi connectivity index (χ0) is 20.3. The van der Waals surface area contributed by atoms with Crippen LogP contribution in [0.4, 0.5) is 4.39 Å². The second-order valence-electron chi connectivity index (χ2n) is 6.61. The predicted octanol–water partition coefficient (Wildman–Crippen LogP) is 2.07. The van der Waals surface area contributed by atoms with E-state index in [-0.39, 0.29) is 29.9 Å². The molecule has 2 aromatic rings. The van der Waals surface area contributed by atoms with Crippen LogP contribution < -0.4 is 5.73 Å². The predicted molar refractivity (Wildman–Crippen MR) is 101 cm³/mol. The number of rotatable bonds is 6. The monoisotopic (exact) mass is 408 g/mol. The number of hydrogen-bond donors (Lipinski definition) is 1. The van der Waals surface area contributed by atoms with Crippen LogP contribution in [0.15, 0.2) is 18.2 Å². The number of nitrogens with zero attached hydrogens (tertiary/aromatic N) is 1. The van der Waals surface area contributed by atoms with Gasteiger partial charge in [-0.3, -0.25) is 9.59 Å². The Balaban J connectivity index is 1.71. The normalized spacial score (nSPS) is 16.9. The van der Waals surface area contributed by atoms with Gasteiger partial charge >= 0.3 is 5.97 Å². The van der Waals surface area contributed by atoms with Crippen LogP contribution in [0.3, 0.4) is 0 Å². The summed E-state index contributed by atoms with van der Waals surface area (Å²) in [5, 5.41) is 0.327. The van der Waals surface area contributed by atoms with Gasteiger partial charge in [-0.15, -0.1) is 11.3 Å². The Hall–Kier alpha value is -2.52. The van der Waals surface area contributed by atoms with Crippen molar-refractivity contribution in [2.75, 3.05) is 26.8 Å². The van der Waals surface area contributed by atoms with E-state index in [4.69, 9.17) is 15.2 Å². The van der Waals surface area contributed by atoms with E-state index in [9.17, 15) is 18.8 Å². The Bertz CT molecular complexity index is 913. The second kappa shape index (κ2) is 8.66. The molecule has 1 aliphatic heterocycles. The van der Waals surface area contributed by atoms with Crippen molar-refractivity contribution in [2.24, 2.45) is 11.7 Å². The molecule has 0 aliphatic carbocycles. The minimum Gasteiger partial charge on any atom is -0.451 e. The number of fused-ring (bicyclic) bond motifs is 1. The van der Waals surface area contributed by atoms with E-state index in [1.165, 1.54) is 18.1 Å². The topological polar surface area (TPSA) is 98.9 Å². The highest BCUT2D eigenvalue weighted by molar-refractivity contribution is 7.21. The van der Waals surface area contributed by atoms with E-state index >= 15 is 0 Å². The van der Waals surface area contributed by atoms with Gasteiger partial charge in [-0.1, -0.05) is 6.07 Å². The molecule has 0 unspecified atom stereocenters. The fourth-order valence-electron chi connectivity index (χ4n) is 3.33. The Morgan fingerprint density at radius 1 is 1.36 bits per heavy atom. The molecule has 9 heteroatoms. The molecule has 0 spiro atoms. The molecule has 0 radical (unpaired) electrons. The zero-order valence-corrected chi connectivity index (χ0v) is 16.2. The van der Waals surface area contributed by atoms with Gasteiger partial charge in [0.2, 0.25) is 5.91 Å². The van der Waals surface area contributed by atoms with Crippen molar-refractivity contribution >= 4 is 39.2 Å². The first-order chi connectivity index (χ1) is 13.4. The number of halogens is 1. The SMILES string of the molecule is COCc1c(C(=O)OCC(=O)N2CCC[C@@H](C(N)=O)C2)sc2cccc(F)c12. The smallest absolute Gasteiger partial charge is 0.349 e. The number of primary amides is 1. The Morgan fingerprint density at radius 2 is 2.14 bits per heavy atom. The average molecular weight is 408 g/mol. The number of hydrogen-bond acceptors (Lipinski definition) is 6. The summed E-state index contributed by atoms with van der Waals surface area (Å²) >= 11 is 1.10. The number of carbonyl (C=O) groups is 3. The second-order valence-corrected chi connectivity index (χ2v) is 7.67. The highest BCUT2D eigenvalue weighted by Gasteiger charge is 2.28. The van der Waals surface area contributed by atoms with Gasteiger partial charge in [-0.05, 0) is 25.0 Å². The van der Waals surface area contributed by atoms with Crippen molar-refractivity contribution in [2.45, 2.75) is 19.4 Å². The first-order valence-corrected chi connectivity index (χ1v) is 9.67. The molecule has 1 aliphatic rings. The highest BCUT2D eigenvalue weighted by Crippen LogP contribution is 2.34. The number of nitrogens with two attached hydrogens (primary N) is 1. The van der Waals surface area contributed by atoms with Crippen LogP contribution in [0.25, 0.3) is 10.1 Å².